The third-order valence-electron chi connectivity index (χ3n) is 2.56. The third kappa shape index (κ3) is 16.0. The molecule has 112 valence electrons. The van der Waals surface area contributed by atoms with Crippen molar-refractivity contribution in [3.63, 3.8) is 0 Å². The van der Waals surface area contributed by atoms with Gasteiger partial charge in [-0.2, -0.15) is 0 Å². The minimum absolute atomic E-state index is 0.207. The Morgan fingerprint density at radius 2 is 1.37 bits per heavy atom. The monoisotopic (exact) mass is 330 g/mol. The summed E-state index contributed by atoms with van der Waals surface area (Å²) in [4.78, 5) is 22.0. The molecule has 0 saturated carbocycles. The highest BCUT2D eigenvalue weighted by atomic mass is 35.6. The molecule has 0 aliphatic rings. The van der Waals surface area contributed by atoms with Crippen molar-refractivity contribution in [1.29, 1.82) is 0 Å². The molecular weight excluding hydrogens is 310 g/mol. The largest absolute Gasteiger partial charge is 0.461 e. The van der Waals surface area contributed by atoms with Gasteiger partial charge < -0.3 is 9.53 Å². The van der Waals surface area contributed by atoms with Gasteiger partial charge in [0.15, 0.2) is 0 Å². The van der Waals surface area contributed by atoms with Crippen molar-refractivity contribution in [3.05, 3.63) is 0 Å². The van der Waals surface area contributed by atoms with Crippen LogP contribution in [0, 0.1) is 0 Å². The van der Waals surface area contributed by atoms with Crippen molar-refractivity contribution in [3.8, 4) is 0 Å². The molecule has 0 atom stereocenters. The first kappa shape index (κ1) is 19.0. The lowest BCUT2D eigenvalue weighted by atomic mass is 10.1. The summed E-state index contributed by atoms with van der Waals surface area (Å²) >= 11 is 16.4. The summed E-state index contributed by atoms with van der Waals surface area (Å²) in [6.45, 7) is 1.41. The number of hydrogen-bond donors (Lipinski definition) is 0. The van der Waals surface area contributed by atoms with E-state index < -0.39 is 3.79 Å². The number of carbonyl (C=O) groups is 2. The summed E-state index contributed by atoms with van der Waals surface area (Å²) in [6, 6.07) is 0. The van der Waals surface area contributed by atoms with Crippen LogP contribution in [0.25, 0.3) is 0 Å². The number of Topliss-reactive ketones (excluding diaryl/α,β-unsaturated/α-hetero) is 1. The Morgan fingerprint density at radius 3 is 1.84 bits per heavy atom. The minimum atomic E-state index is -1.54. The fourth-order valence-corrected chi connectivity index (χ4v) is 1.75. The average molecular weight is 332 g/mol. The van der Waals surface area contributed by atoms with E-state index >= 15 is 0 Å². The summed E-state index contributed by atoms with van der Waals surface area (Å²) in [6.07, 6.45) is 6.97. The Bertz CT molecular complexity index is 275. The molecule has 0 aromatic carbocycles. The van der Waals surface area contributed by atoms with E-state index in [2.05, 4.69) is 0 Å². The molecule has 0 N–H and O–H groups in total. The van der Waals surface area contributed by atoms with Gasteiger partial charge in [0.05, 0.1) is 0 Å². The fourth-order valence-electron chi connectivity index (χ4n) is 1.58. The normalized spacial score (nSPS) is 11.4. The Hall–Kier alpha value is 0.01000. The molecule has 19 heavy (non-hydrogen) atoms. The van der Waals surface area contributed by atoms with E-state index in [0.29, 0.717) is 12.8 Å². The van der Waals surface area contributed by atoms with Gasteiger partial charge in [0, 0.05) is 12.8 Å². The van der Waals surface area contributed by atoms with Crippen LogP contribution < -0.4 is 0 Å². The number of unbranched alkanes of at least 4 members (excludes halogenated alkanes) is 5. The second-order valence-electron chi connectivity index (χ2n) is 4.60. The molecule has 0 bridgehead atoms. The topological polar surface area (TPSA) is 43.4 Å². The smallest absolute Gasteiger partial charge is 0.305 e. The Balaban J connectivity index is 3.30. The predicted octanol–water partition coefficient (Wildman–Crippen LogP) is 4.61. The summed E-state index contributed by atoms with van der Waals surface area (Å²) in [7, 11) is 0. The number of ketones is 1. The highest BCUT2D eigenvalue weighted by Crippen LogP contribution is 2.26. The van der Waals surface area contributed by atoms with Crippen molar-refractivity contribution >= 4 is 46.6 Å². The first-order valence-electron chi connectivity index (χ1n) is 6.53. The van der Waals surface area contributed by atoms with Gasteiger partial charge in [0.2, 0.25) is 3.79 Å². The zero-order valence-electron chi connectivity index (χ0n) is 11.2. The molecule has 0 saturated heterocycles. The number of alkyl halides is 3. The van der Waals surface area contributed by atoms with E-state index in [1.54, 1.807) is 6.92 Å². The number of esters is 1. The van der Waals surface area contributed by atoms with Crippen LogP contribution in [0.5, 0.6) is 0 Å². The van der Waals surface area contributed by atoms with Crippen LogP contribution in [0.2, 0.25) is 0 Å². The zero-order chi connectivity index (χ0) is 14.7. The Labute approximate surface area is 129 Å². The maximum Gasteiger partial charge on any atom is 0.305 e. The maximum atomic E-state index is 11.3. The van der Waals surface area contributed by atoms with Gasteiger partial charge in [0.25, 0.3) is 0 Å². The number of carbonyl (C=O) groups excluding carboxylic acids is 2. The van der Waals surface area contributed by atoms with Gasteiger partial charge in [-0.1, -0.05) is 60.5 Å². The molecule has 0 aromatic heterocycles. The highest BCUT2D eigenvalue weighted by molar-refractivity contribution is 6.67. The van der Waals surface area contributed by atoms with Gasteiger partial charge in [-0.05, 0) is 19.8 Å². The number of ether oxygens (including phenoxy) is 1. The SMILES string of the molecule is CC(=O)CCCCCCCCC(=O)OCC(Cl)(Cl)Cl. The predicted molar refractivity (Wildman–Crippen MR) is 78.9 cm³/mol. The molecule has 6 heteroatoms. The molecule has 0 radical (unpaired) electrons. The molecule has 0 aliphatic heterocycles. The lowest BCUT2D eigenvalue weighted by Crippen LogP contribution is -2.17. The highest BCUT2D eigenvalue weighted by Gasteiger charge is 2.21. The van der Waals surface area contributed by atoms with Crippen molar-refractivity contribution in [2.24, 2.45) is 0 Å². The van der Waals surface area contributed by atoms with Crippen LogP contribution in [-0.4, -0.2) is 22.2 Å². The van der Waals surface area contributed by atoms with E-state index in [4.69, 9.17) is 39.5 Å². The molecular formula is C13H21Cl3O3. The van der Waals surface area contributed by atoms with Crippen LogP contribution >= 0.6 is 34.8 Å². The summed E-state index contributed by atoms with van der Waals surface area (Å²) in [5, 5.41) is 0. The van der Waals surface area contributed by atoms with Gasteiger partial charge >= 0.3 is 5.97 Å². The quantitative estimate of drug-likeness (QED) is 0.333. The summed E-state index contributed by atoms with van der Waals surface area (Å²) in [5.74, 6) is -0.0837. The second kappa shape index (κ2) is 10.8. The van der Waals surface area contributed by atoms with E-state index in [0.717, 1.165) is 38.5 Å². The maximum absolute atomic E-state index is 11.3. The first-order chi connectivity index (χ1) is 8.81. The standard InChI is InChI=1S/C13H21Cl3O3/c1-11(17)8-6-4-2-3-5-7-9-12(18)19-10-13(14,15)16/h2-10H2,1H3. The number of halogens is 3. The lowest BCUT2D eigenvalue weighted by molar-refractivity contribution is -0.143. The average Bonchev–Trinajstić information content (AvgIpc) is 2.28. The van der Waals surface area contributed by atoms with E-state index in [-0.39, 0.29) is 18.4 Å². The third-order valence-corrected chi connectivity index (χ3v) is 2.88. The van der Waals surface area contributed by atoms with Gasteiger partial charge in [0.1, 0.15) is 12.4 Å². The number of hydrogen-bond acceptors (Lipinski definition) is 3. The van der Waals surface area contributed by atoms with Crippen LogP contribution in [0.1, 0.15) is 58.3 Å². The molecule has 0 aromatic rings. The molecule has 0 unspecified atom stereocenters. The molecule has 3 nitrogen and oxygen atoms in total. The lowest BCUT2D eigenvalue weighted by Gasteiger charge is -2.11. The molecule has 0 aliphatic carbocycles. The number of rotatable bonds is 10. The van der Waals surface area contributed by atoms with E-state index in [9.17, 15) is 9.59 Å². The molecule has 0 heterocycles. The Kier molecular flexibility index (Phi) is 10.8. The van der Waals surface area contributed by atoms with Crippen LogP contribution in [0.3, 0.4) is 0 Å². The van der Waals surface area contributed by atoms with Gasteiger partial charge in [-0.15, -0.1) is 0 Å². The Morgan fingerprint density at radius 1 is 0.895 bits per heavy atom. The minimum Gasteiger partial charge on any atom is -0.461 e. The fraction of sp³-hybridized carbons (Fsp3) is 0.846. The van der Waals surface area contributed by atoms with Crippen molar-refractivity contribution in [1.82, 2.24) is 0 Å². The van der Waals surface area contributed by atoms with E-state index in [1.807, 2.05) is 0 Å². The first-order valence-corrected chi connectivity index (χ1v) is 7.66. The van der Waals surface area contributed by atoms with Crippen LogP contribution in [0.15, 0.2) is 0 Å². The van der Waals surface area contributed by atoms with Gasteiger partial charge in [-0.3, -0.25) is 4.79 Å². The second-order valence-corrected chi connectivity index (χ2v) is 7.12. The van der Waals surface area contributed by atoms with Crippen molar-refractivity contribution < 1.29 is 14.3 Å². The van der Waals surface area contributed by atoms with Crippen LogP contribution in [0.4, 0.5) is 0 Å². The summed E-state index contributed by atoms with van der Waals surface area (Å²) < 4.78 is 3.27. The molecule has 0 amide bonds. The molecule has 0 fully saturated rings. The van der Waals surface area contributed by atoms with Gasteiger partial charge in [-0.25, -0.2) is 0 Å². The summed E-state index contributed by atoms with van der Waals surface area (Å²) in [5.41, 5.74) is 0. The molecule has 0 rings (SSSR count). The molecule has 0 spiro atoms. The van der Waals surface area contributed by atoms with Crippen LogP contribution in [-0.2, 0) is 14.3 Å². The van der Waals surface area contributed by atoms with Crippen molar-refractivity contribution in [2.75, 3.05) is 6.61 Å². The van der Waals surface area contributed by atoms with E-state index in [1.165, 1.54) is 0 Å². The zero-order valence-corrected chi connectivity index (χ0v) is 13.5. The van der Waals surface area contributed by atoms with Crippen molar-refractivity contribution in [2.45, 2.75) is 62.1 Å².